The molecule has 1 heterocycles. The molecule has 1 unspecified atom stereocenters. The van der Waals surface area contributed by atoms with E-state index >= 15 is 0 Å². The predicted molar refractivity (Wildman–Crippen MR) is 72.4 cm³/mol. The van der Waals surface area contributed by atoms with Crippen molar-refractivity contribution in [1.82, 2.24) is 15.5 Å². The van der Waals surface area contributed by atoms with Gasteiger partial charge in [-0.05, 0) is 12.7 Å². The molecule has 0 spiro atoms. The highest BCUT2D eigenvalue weighted by Gasteiger charge is 2.10. The van der Waals surface area contributed by atoms with E-state index in [0.29, 0.717) is 30.5 Å². The third-order valence-electron chi connectivity index (χ3n) is 2.32. The lowest BCUT2D eigenvalue weighted by Gasteiger charge is -2.12. The quantitative estimate of drug-likeness (QED) is 0.744. The Hall–Kier alpha value is -0.750. The second kappa shape index (κ2) is 7.55. The molecule has 5 nitrogen and oxygen atoms in total. The van der Waals surface area contributed by atoms with E-state index in [1.807, 2.05) is 11.8 Å². The molecular weight excluding hydrogens is 236 g/mol. The van der Waals surface area contributed by atoms with Gasteiger partial charge in [0.15, 0.2) is 0 Å². The highest BCUT2D eigenvalue weighted by atomic mass is 32.2. The Bertz CT molecular complexity index is 316. The van der Waals surface area contributed by atoms with Crippen LogP contribution in [-0.4, -0.2) is 34.3 Å². The monoisotopic (exact) mass is 258 g/mol. The minimum absolute atomic E-state index is 0.386. The topological polar surface area (TPSA) is 63.0 Å². The zero-order chi connectivity index (χ0) is 12.7. The van der Waals surface area contributed by atoms with Crippen LogP contribution in [0.2, 0.25) is 0 Å². The van der Waals surface area contributed by atoms with Crippen LogP contribution in [0.5, 0.6) is 0 Å². The molecule has 1 aromatic rings. The summed E-state index contributed by atoms with van der Waals surface area (Å²) >= 11 is 1.81. The smallest absolute Gasteiger partial charge is 0.315 e. The van der Waals surface area contributed by atoms with Gasteiger partial charge in [0, 0.05) is 17.8 Å². The minimum atomic E-state index is 0.386. The highest BCUT2D eigenvalue weighted by Crippen LogP contribution is 2.11. The van der Waals surface area contributed by atoms with Crippen molar-refractivity contribution in [3.63, 3.8) is 0 Å². The number of hydrogen-bond donors (Lipinski definition) is 2. The summed E-state index contributed by atoms with van der Waals surface area (Å²) < 4.78 is 5.51. The van der Waals surface area contributed by atoms with E-state index in [9.17, 15) is 0 Å². The van der Waals surface area contributed by atoms with E-state index in [1.165, 1.54) is 0 Å². The summed E-state index contributed by atoms with van der Waals surface area (Å²) in [6, 6.07) is 1.32. The van der Waals surface area contributed by atoms with Crippen molar-refractivity contribution in [2.24, 2.45) is 0 Å². The largest absolute Gasteiger partial charge is 0.407 e. The van der Waals surface area contributed by atoms with E-state index < -0.39 is 0 Å². The number of aromatic nitrogens is 2. The molecule has 0 saturated carbocycles. The first-order valence-corrected chi connectivity index (χ1v) is 7.36. The van der Waals surface area contributed by atoms with Crippen LogP contribution in [0.25, 0.3) is 0 Å². The van der Waals surface area contributed by atoms with Crippen LogP contribution >= 0.6 is 11.8 Å². The average Bonchev–Trinajstić information content (AvgIpc) is 2.73. The molecule has 0 aromatic carbocycles. The second-order valence-electron chi connectivity index (χ2n) is 4.24. The summed E-state index contributed by atoms with van der Waals surface area (Å²) in [7, 11) is 0. The van der Waals surface area contributed by atoms with Gasteiger partial charge < -0.3 is 15.1 Å². The second-order valence-corrected chi connectivity index (χ2v) is 5.15. The molecule has 0 radical (unpaired) electrons. The summed E-state index contributed by atoms with van der Waals surface area (Å²) in [6.45, 7) is 6.93. The van der Waals surface area contributed by atoms with E-state index in [-0.39, 0.29) is 0 Å². The zero-order valence-electron chi connectivity index (χ0n) is 11.0. The Labute approximate surface area is 107 Å². The molecule has 0 aliphatic rings. The summed E-state index contributed by atoms with van der Waals surface area (Å²) in [5, 5.41) is 14.5. The van der Waals surface area contributed by atoms with Crippen molar-refractivity contribution in [3.8, 4) is 0 Å². The summed E-state index contributed by atoms with van der Waals surface area (Å²) in [5.74, 6) is 1.67. The number of rotatable bonds is 8. The molecule has 0 amide bonds. The molecular formula is C11H22N4OS. The van der Waals surface area contributed by atoms with Gasteiger partial charge in [-0.25, -0.2) is 0 Å². The molecule has 6 heteroatoms. The number of anilines is 1. The number of thioether (sulfide) groups is 1. The molecule has 98 valence electrons. The first kappa shape index (κ1) is 14.3. The molecule has 0 fully saturated rings. The van der Waals surface area contributed by atoms with Gasteiger partial charge in [0.1, 0.15) is 0 Å². The maximum absolute atomic E-state index is 5.51. The minimum Gasteiger partial charge on any atom is -0.407 e. The van der Waals surface area contributed by atoms with Crippen LogP contribution in [0.4, 0.5) is 6.01 Å². The number of nitrogens with one attached hydrogen (secondary N) is 2. The van der Waals surface area contributed by atoms with Crippen LogP contribution in [0, 0.1) is 0 Å². The summed E-state index contributed by atoms with van der Waals surface area (Å²) in [5.41, 5.74) is 0. The maximum atomic E-state index is 5.51. The van der Waals surface area contributed by atoms with Crippen molar-refractivity contribution in [1.29, 1.82) is 0 Å². The van der Waals surface area contributed by atoms with Gasteiger partial charge in [-0.2, -0.15) is 11.8 Å². The van der Waals surface area contributed by atoms with E-state index in [0.717, 1.165) is 12.2 Å². The fraction of sp³-hybridized carbons (Fsp3) is 0.818. The average molecular weight is 258 g/mol. The van der Waals surface area contributed by atoms with Crippen LogP contribution < -0.4 is 10.6 Å². The van der Waals surface area contributed by atoms with Gasteiger partial charge in [0.05, 0.1) is 6.54 Å². The standard InChI is InChI=1S/C11H22N4OS/c1-5-9(7-17-4)13-11-15-14-10(16-11)6-12-8(2)3/h8-9,12H,5-7H2,1-4H3,(H,13,15). The molecule has 1 atom stereocenters. The van der Waals surface area contributed by atoms with Crippen LogP contribution in [-0.2, 0) is 6.54 Å². The lowest BCUT2D eigenvalue weighted by atomic mass is 10.3. The third-order valence-corrected chi connectivity index (χ3v) is 3.05. The van der Waals surface area contributed by atoms with Crippen molar-refractivity contribution in [3.05, 3.63) is 5.89 Å². The third kappa shape index (κ3) is 5.41. The Morgan fingerprint density at radius 1 is 1.35 bits per heavy atom. The molecule has 0 aliphatic heterocycles. The Morgan fingerprint density at radius 2 is 2.12 bits per heavy atom. The normalized spacial score (nSPS) is 13.0. The molecule has 0 aliphatic carbocycles. The molecule has 17 heavy (non-hydrogen) atoms. The first-order chi connectivity index (χ1) is 8.15. The Balaban J connectivity index is 2.44. The number of hydrogen-bond acceptors (Lipinski definition) is 6. The molecule has 1 rings (SSSR count). The number of nitrogens with zero attached hydrogens (tertiary/aromatic N) is 2. The van der Waals surface area contributed by atoms with Crippen LogP contribution in [0.15, 0.2) is 4.42 Å². The summed E-state index contributed by atoms with van der Waals surface area (Å²) in [6.07, 6.45) is 3.14. The molecule has 2 N–H and O–H groups in total. The van der Waals surface area contributed by atoms with Gasteiger partial charge in [-0.15, -0.1) is 5.10 Å². The van der Waals surface area contributed by atoms with Gasteiger partial charge in [-0.1, -0.05) is 25.9 Å². The SMILES string of the molecule is CCC(CSC)Nc1nnc(CNC(C)C)o1. The van der Waals surface area contributed by atoms with Crippen LogP contribution in [0.1, 0.15) is 33.1 Å². The first-order valence-electron chi connectivity index (χ1n) is 5.97. The van der Waals surface area contributed by atoms with Crippen molar-refractivity contribution >= 4 is 17.8 Å². The fourth-order valence-electron chi connectivity index (χ4n) is 1.31. The zero-order valence-corrected chi connectivity index (χ0v) is 11.8. The van der Waals surface area contributed by atoms with E-state index in [2.05, 4.69) is 47.9 Å². The van der Waals surface area contributed by atoms with Gasteiger partial charge in [0.2, 0.25) is 5.89 Å². The van der Waals surface area contributed by atoms with Crippen LogP contribution in [0.3, 0.4) is 0 Å². The van der Waals surface area contributed by atoms with E-state index in [1.54, 1.807) is 0 Å². The van der Waals surface area contributed by atoms with Gasteiger partial charge in [-0.3, -0.25) is 0 Å². The molecule has 1 aromatic heterocycles. The Kier molecular flexibility index (Phi) is 6.36. The van der Waals surface area contributed by atoms with E-state index in [4.69, 9.17) is 4.42 Å². The predicted octanol–water partition coefficient (Wildman–Crippen LogP) is 2.12. The van der Waals surface area contributed by atoms with Crippen molar-refractivity contribution in [2.45, 2.75) is 45.8 Å². The molecule has 0 bridgehead atoms. The van der Waals surface area contributed by atoms with Gasteiger partial charge >= 0.3 is 6.01 Å². The summed E-state index contributed by atoms with van der Waals surface area (Å²) in [4.78, 5) is 0. The lowest BCUT2D eigenvalue weighted by Crippen LogP contribution is -2.22. The lowest BCUT2D eigenvalue weighted by molar-refractivity contribution is 0.456. The fourth-order valence-corrected chi connectivity index (χ4v) is 2.03. The van der Waals surface area contributed by atoms with Crippen molar-refractivity contribution in [2.75, 3.05) is 17.3 Å². The maximum Gasteiger partial charge on any atom is 0.315 e. The Morgan fingerprint density at radius 3 is 2.71 bits per heavy atom. The molecule has 0 saturated heterocycles. The van der Waals surface area contributed by atoms with Crippen molar-refractivity contribution < 1.29 is 4.42 Å². The van der Waals surface area contributed by atoms with Gasteiger partial charge in [0.25, 0.3) is 0 Å². The highest BCUT2D eigenvalue weighted by molar-refractivity contribution is 7.98.